The molecular weight excluding hydrogens is 323 g/mol. The lowest BCUT2D eigenvalue weighted by molar-refractivity contribution is 0.475. The average molecular weight is 332 g/mol. The smallest absolute Gasteiger partial charge is 0.141 e. The molecule has 0 unspecified atom stereocenters. The highest BCUT2D eigenvalue weighted by Gasteiger charge is 2.06. The minimum atomic E-state index is 0.418. The topological polar surface area (TPSA) is 9.23 Å². The van der Waals surface area contributed by atoms with E-state index < -0.39 is 0 Å². The van der Waals surface area contributed by atoms with Gasteiger partial charge in [-0.15, -0.1) is 11.6 Å². The van der Waals surface area contributed by atoms with Gasteiger partial charge >= 0.3 is 0 Å². The first-order valence-corrected chi connectivity index (χ1v) is 6.68. The van der Waals surface area contributed by atoms with Crippen molar-refractivity contribution in [3.63, 3.8) is 0 Å². The normalized spacial score (nSPS) is 10.3. The van der Waals surface area contributed by atoms with Crippen LogP contribution in [0.25, 0.3) is 0 Å². The van der Waals surface area contributed by atoms with Gasteiger partial charge in [0.1, 0.15) is 11.5 Å². The lowest BCUT2D eigenvalue weighted by Gasteiger charge is -2.10. The van der Waals surface area contributed by atoms with E-state index in [0.717, 1.165) is 15.8 Å². The summed E-state index contributed by atoms with van der Waals surface area (Å²) >= 11 is 15.1. The van der Waals surface area contributed by atoms with Crippen molar-refractivity contribution in [1.82, 2.24) is 0 Å². The molecule has 2 rings (SSSR count). The van der Waals surface area contributed by atoms with Gasteiger partial charge in [-0.1, -0.05) is 29.8 Å². The van der Waals surface area contributed by atoms with Crippen LogP contribution in [0.5, 0.6) is 11.5 Å². The van der Waals surface area contributed by atoms with Crippen LogP contribution in [-0.2, 0) is 5.88 Å². The SMILES string of the molecule is ClCc1ccccc1Oc1ccc(Cl)cc1Br. The number of hydrogen-bond donors (Lipinski definition) is 0. The van der Waals surface area contributed by atoms with Gasteiger partial charge in [0.15, 0.2) is 0 Å². The maximum Gasteiger partial charge on any atom is 0.141 e. The van der Waals surface area contributed by atoms with Crippen molar-refractivity contribution in [2.45, 2.75) is 5.88 Å². The fraction of sp³-hybridized carbons (Fsp3) is 0.0769. The number of rotatable bonds is 3. The van der Waals surface area contributed by atoms with Crippen LogP contribution in [0.1, 0.15) is 5.56 Å². The van der Waals surface area contributed by atoms with Crippen LogP contribution in [-0.4, -0.2) is 0 Å². The number of hydrogen-bond acceptors (Lipinski definition) is 1. The van der Waals surface area contributed by atoms with Gasteiger partial charge in [-0.25, -0.2) is 0 Å². The van der Waals surface area contributed by atoms with Gasteiger partial charge in [0, 0.05) is 10.6 Å². The number of ether oxygens (including phenoxy) is 1. The molecule has 0 aromatic heterocycles. The van der Waals surface area contributed by atoms with E-state index in [1.807, 2.05) is 30.3 Å². The van der Waals surface area contributed by atoms with E-state index in [4.69, 9.17) is 27.9 Å². The minimum absolute atomic E-state index is 0.418. The Labute approximate surface area is 118 Å². The van der Waals surface area contributed by atoms with Gasteiger partial charge in [-0.05, 0) is 40.2 Å². The summed E-state index contributed by atoms with van der Waals surface area (Å²) in [7, 11) is 0. The molecule has 0 spiro atoms. The Kier molecular flexibility index (Phi) is 4.32. The number of halogens is 3. The molecule has 0 radical (unpaired) electrons. The fourth-order valence-electron chi connectivity index (χ4n) is 1.39. The van der Waals surface area contributed by atoms with E-state index in [-0.39, 0.29) is 0 Å². The lowest BCUT2D eigenvalue weighted by Crippen LogP contribution is -1.89. The first-order valence-electron chi connectivity index (χ1n) is 4.97. The molecule has 1 nitrogen and oxygen atoms in total. The largest absolute Gasteiger partial charge is 0.456 e. The van der Waals surface area contributed by atoms with Crippen molar-refractivity contribution >= 4 is 39.1 Å². The Balaban J connectivity index is 2.31. The highest BCUT2D eigenvalue weighted by molar-refractivity contribution is 9.10. The summed E-state index contributed by atoms with van der Waals surface area (Å²) in [5.41, 5.74) is 0.955. The summed E-state index contributed by atoms with van der Waals surface area (Å²) < 4.78 is 6.61. The number of para-hydroxylation sites is 1. The highest BCUT2D eigenvalue weighted by Crippen LogP contribution is 2.33. The van der Waals surface area contributed by atoms with Gasteiger partial charge in [0.2, 0.25) is 0 Å². The van der Waals surface area contributed by atoms with E-state index in [1.54, 1.807) is 12.1 Å². The zero-order chi connectivity index (χ0) is 12.3. The summed E-state index contributed by atoms with van der Waals surface area (Å²) in [5, 5.41) is 0.662. The first kappa shape index (κ1) is 12.7. The number of benzene rings is 2. The van der Waals surface area contributed by atoms with Crippen LogP contribution in [0.2, 0.25) is 5.02 Å². The molecule has 0 aliphatic rings. The van der Waals surface area contributed by atoms with Gasteiger partial charge in [-0.3, -0.25) is 0 Å². The maximum atomic E-state index is 5.87. The molecule has 88 valence electrons. The molecule has 0 heterocycles. The van der Waals surface area contributed by atoms with Gasteiger partial charge in [-0.2, -0.15) is 0 Å². The monoisotopic (exact) mass is 330 g/mol. The van der Waals surface area contributed by atoms with Crippen LogP contribution in [0.15, 0.2) is 46.9 Å². The molecule has 2 aromatic rings. The van der Waals surface area contributed by atoms with Crippen molar-refractivity contribution < 1.29 is 4.74 Å². The average Bonchev–Trinajstić information content (AvgIpc) is 2.33. The van der Waals surface area contributed by atoms with E-state index in [9.17, 15) is 0 Å². The van der Waals surface area contributed by atoms with Crippen molar-refractivity contribution in [1.29, 1.82) is 0 Å². The van der Waals surface area contributed by atoms with Crippen LogP contribution in [0, 0.1) is 0 Å². The molecule has 0 aliphatic heterocycles. The van der Waals surface area contributed by atoms with Crippen molar-refractivity contribution in [3.8, 4) is 11.5 Å². The first-order chi connectivity index (χ1) is 8.20. The standard InChI is InChI=1S/C13H9BrCl2O/c14-11-7-10(16)5-6-13(11)17-12-4-2-1-3-9(12)8-15/h1-7H,8H2. The van der Waals surface area contributed by atoms with Crippen molar-refractivity contribution in [2.24, 2.45) is 0 Å². The molecule has 0 N–H and O–H groups in total. The second-order valence-corrected chi connectivity index (χ2v) is 4.98. The highest BCUT2D eigenvalue weighted by atomic mass is 79.9. The van der Waals surface area contributed by atoms with Crippen molar-refractivity contribution in [3.05, 3.63) is 57.5 Å². The maximum absolute atomic E-state index is 5.87. The zero-order valence-corrected chi connectivity index (χ0v) is 11.9. The van der Waals surface area contributed by atoms with Crippen LogP contribution < -0.4 is 4.74 Å². The van der Waals surface area contributed by atoms with E-state index >= 15 is 0 Å². The molecule has 0 amide bonds. The summed E-state index contributed by atoms with van der Waals surface area (Å²) in [4.78, 5) is 0. The number of alkyl halides is 1. The molecule has 4 heteroatoms. The molecule has 0 fully saturated rings. The minimum Gasteiger partial charge on any atom is -0.456 e. The molecule has 0 saturated heterocycles. The second kappa shape index (κ2) is 5.76. The Hall–Kier alpha value is -0.700. The third kappa shape index (κ3) is 3.15. The molecule has 0 bridgehead atoms. The Morgan fingerprint density at radius 1 is 1.06 bits per heavy atom. The van der Waals surface area contributed by atoms with E-state index in [1.165, 1.54) is 0 Å². The third-order valence-corrected chi connectivity index (χ3v) is 3.37. The quantitative estimate of drug-likeness (QED) is 0.662. The third-order valence-electron chi connectivity index (χ3n) is 2.23. The molecule has 2 aromatic carbocycles. The summed E-state index contributed by atoms with van der Waals surface area (Å²) in [5.74, 6) is 1.89. The Bertz CT molecular complexity index is 529. The van der Waals surface area contributed by atoms with E-state index in [0.29, 0.717) is 16.7 Å². The summed E-state index contributed by atoms with van der Waals surface area (Å²) in [6.07, 6.45) is 0. The Morgan fingerprint density at radius 2 is 1.82 bits per heavy atom. The van der Waals surface area contributed by atoms with Crippen LogP contribution in [0.3, 0.4) is 0 Å². The van der Waals surface area contributed by atoms with E-state index in [2.05, 4.69) is 15.9 Å². The molecule has 17 heavy (non-hydrogen) atoms. The van der Waals surface area contributed by atoms with Crippen LogP contribution >= 0.6 is 39.1 Å². The van der Waals surface area contributed by atoms with Gasteiger partial charge in [0.05, 0.1) is 10.4 Å². The molecule has 0 aliphatic carbocycles. The summed E-state index contributed by atoms with van der Waals surface area (Å²) in [6, 6.07) is 13.1. The second-order valence-electron chi connectivity index (χ2n) is 3.42. The zero-order valence-electron chi connectivity index (χ0n) is 8.79. The molecule has 0 atom stereocenters. The van der Waals surface area contributed by atoms with Gasteiger partial charge < -0.3 is 4.74 Å². The fourth-order valence-corrected chi connectivity index (χ4v) is 2.37. The predicted molar refractivity (Wildman–Crippen MR) is 75.2 cm³/mol. The molecular formula is C13H9BrCl2O. The lowest BCUT2D eigenvalue weighted by atomic mass is 10.2. The Morgan fingerprint density at radius 3 is 2.53 bits per heavy atom. The van der Waals surface area contributed by atoms with Gasteiger partial charge in [0.25, 0.3) is 0 Å². The molecule has 0 saturated carbocycles. The predicted octanol–water partition coefficient (Wildman–Crippen LogP) is 5.63. The van der Waals surface area contributed by atoms with Crippen molar-refractivity contribution in [2.75, 3.05) is 0 Å². The van der Waals surface area contributed by atoms with Crippen LogP contribution in [0.4, 0.5) is 0 Å². The summed E-state index contributed by atoms with van der Waals surface area (Å²) in [6.45, 7) is 0.